The number of thioether (sulfide) groups is 1. The lowest BCUT2D eigenvalue weighted by atomic mass is 10.1. The highest BCUT2D eigenvalue weighted by atomic mass is 32.2. The van der Waals surface area contributed by atoms with Crippen molar-refractivity contribution in [2.75, 3.05) is 11.1 Å². The number of anilines is 1. The van der Waals surface area contributed by atoms with Crippen molar-refractivity contribution < 1.29 is 4.39 Å². The van der Waals surface area contributed by atoms with Gasteiger partial charge in [-0.25, -0.2) is 4.39 Å². The number of halogens is 1. The number of benzene rings is 1. The van der Waals surface area contributed by atoms with Gasteiger partial charge in [-0.1, -0.05) is 31.7 Å². The Bertz CT molecular complexity index is 443. The maximum Gasteiger partial charge on any atom is 0.161 e. The summed E-state index contributed by atoms with van der Waals surface area (Å²) in [5, 5.41) is 3.90. The smallest absolute Gasteiger partial charge is 0.161 e. The zero-order valence-corrected chi connectivity index (χ0v) is 11.1. The minimum absolute atomic E-state index is 0.230. The van der Waals surface area contributed by atoms with Crippen LogP contribution in [0.25, 0.3) is 0 Å². The highest BCUT2D eigenvalue weighted by molar-refractivity contribution is 8.14. The van der Waals surface area contributed by atoms with Gasteiger partial charge in [0.2, 0.25) is 0 Å². The summed E-state index contributed by atoms with van der Waals surface area (Å²) < 4.78 is 13.6. The van der Waals surface area contributed by atoms with Gasteiger partial charge in [0, 0.05) is 5.75 Å². The SMILES string of the molecule is Cc1ccc(F)c(NC2=N[C@@H](C(C)C)CS2)c1. The van der Waals surface area contributed by atoms with Gasteiger partial charge in [-0.2, -0.15) is 0 Å². The molecule has 1 aromatic carbocycles. The van der Waals surface area contributed by atoms with Crippen molar-refractivity contribution >= 4 is 22.6 Å². The quantitative estimate of drug-likeness (QED) is 0.868. The Hall–Kier alpha value is -1.03. The van der Waals surface area contributed by atoms with E-state index in [9.17, 15) is 4.39 Å². The van der Waals surface area contributed by atoms with Crippen LogP contribution in [0.3, 0.4) is 0 Å². The molecule has 0 aliphatic carbocycles. The van der Waals surface area contributed by atoms with Crippen molar-refractivity contribution in [2.45, 2.75) is 26.8 Å². The van der Waals surface area contributed by atoms with E-state index in [4.69, 9.17) is 0 Å². The number of nitrogens with zero attached hydrogens (tertiary/aromatic N) is 1. The molecule has 1 heterocycles. The molecule has 92 valence electrons. The van der Waals surface area contributed by atoms with Gasteiger partial charge in [0.25, 0.3) is 0 Å². The Morgan fingerprint density at radius 1 is 1.47 bits per heavy atom. The van der Waals surface area contributed by atoms with Gasteiger partial charge in [-0.05, 0) is 30.5 Å². The summed E-state index contributed by atoms with van der Waals surface area (Å²) in [6.07, 6.45) is 0. The molecular formula is C13H17FN2S. The minimum Gasteiger partial charge on any atom is -0.333 e. The van der Waals surface area contributed by atoms with Gasteiger partial charge in [-0.15, -0.1) is 0 Å². The number of aliphatic imine (C=N–C) groups is 1. The van der Waals surface area contributed by atoms with Crippen LogP contribution in [-0.2, 0) is 0 Å². The molecule has 0 saturated carbocycles. The molecule has 0 spiro atoms. The molecular weight excluding hydrogens is 235 g/mol. The molecule has 0 saturated heterocycles. The summed E-state index contributed by atoms with van der Waals surface area (Å²) in [6.45, 7) is 6.26. The summed E-state index contributed by atoms with van der Waals surface area (Å²) in [7, 11) is 0. The third-order valence-corrected chi connectivity index (χ3v) is 3.80. The summed E-state index contributed by atoms with van der Waals surface area (Å²) >= 11 is 1.66. The predicted molar refractivity (Wildman–Crippen MR) is 73.3 cm³/mol. The van der Waals surface area contributed by atoms with Gasteiger partial charge >= 0.3 is 0 Å². The van der Waals surface area contributed by atoms with E-state index in [-0.39, 0.29) is 5.82 Å². The fourth-order valence-corrected chi connectivity index (χ4v) is 2.83. The van der Waals surface area contributed by atoms with Crippen LogP contribution in [0.15, 0.2) is 23.2 Å². The molecule has 0 amide bonds. The first-order valence-corrected chi connectivity index (χ1v) is 6.78. The van der Waals surface area contributed by atoms with Crippen LogP contribution in [0, 0.1) is 18.7 Å². The molecule has 1 aliphatic rings. The number of rotatable bonds is 2. The van der Waals surface area contributed by atoms with E-state index in [0.29, 0.717) is 17.6 Å². The number of aryl methyl sites for hydroxylation is 1. The van der Waals surface area contributed by atoms with E-state index in [0.717, 1.165) is 16.5 Å². The average Bonchev–Trinajstić information content (AvgIpc) is 2.72. The van der Waals surface area contributed by atoms with Crippen molar-refractivity contribution in [3.05, 3.63) is 29.6 Å². The predicted octanol–water partition coefficient (Wildman–Crippen LogP) is 3.67. The van der Waals surface area contributed by atoms with Crippen molar-refractivity contribution in [2.24, 2.45) is 10.9 Å². The second-order valence-electron chi connectivity index (χ2n) is 4.66. The third-order valence-electron chi connectivity index (χ3n) is 2.81. The van der Waals surface area contributed by atoms with Gasteiger partial charge < -0.3 is 5.32 Å². The van der Waals surface area contributed by atoms with E-state index in [1.165, 1.54) is 6.07 Å². The van der Waals surface area contributed by atoms with E-state index in [1.807, 2.05) is 6.92 Å². The van der Waals surface area contributed by atoms with Crippen LogP contribution in [0.5, 0.6) is 0 Å². The second kappa shape index (κ2) is 5.08. The lowest BCUT2D eigenvalue weighted by molar-refractivity contribution is 0.543. The van der Waals surface area contributed by atoms with Gasteiger partial charge in [0.05, 0.1) is 11.7 Å². The van der Waals surface area contributed by atoms with E-state index in [2.05, 4.69) is 24.2 Å². The first-order valence-electron chi connectivity index (χ1n) is 5.80. The van der Waals surface area contributed by atoms with Crippen LogP contribution in [0.1, 0.15) is 19.4 Å². The molecule has 1 aromatic rings. The largest absolute Gasteiger partial charge is 0.333 e. The molecule has 4 heteroatoms. The zero-order valence-electron chi connectivity index (χ0n) is 10.3. The average molecular weight is 252 g/mol. The topological polar surface area (TPSA) is 24.4 Å². The van der Waals surface area contributed by atoms with Crippen molar-refractivity contribution in [3.8, 4) is 0 Å². The number of amidine groups is 1. The summed E-state index contributed by atoms with van der Waals surface area (Å²) in [6, 6.07) is 5.40. The lowest BCUT2D eigenvalue weighted by Crippen LogP contribution is -2.12. The Morgan fingerprint density at radius 3 is 2.88 bits per heavy atom. The Labute approximate surface area is 106 Å². The highest BCUT2D eigenvalue weighted by Gasteiger charge is 2.21. The minimum atomic E-state index is -0.230. The molecule has 1 N–H and O–H groups in total. The molecule has 2 rings (SSSR count). The summed E-state index contributed by atoms with van der Waals surface area (Å²) in [5.74, 6) is 1.28. The van der Waals surface area contributed by atoms with Crippen LogP contribution in [0.4, 0.5) is 10.1 Å². The van der Waals surface area contributed by atoms with Crippen molar-refractivity contribution in [1.29, 1.82) is 0 Å². The van der Waals surface area contributed by atoms with Crippen LogP contribution >= 0.6 is 11.8 Å². The molecule has 1 aliphatic heterocycles. The number of hydrogen-bond acceptors (Lipinski definition) is 3. The fraction of sp³-hybridized carbons (Fsp3) is 0.462. The standard InChI is InChI=1S/C13H17FN2S/c1-8(2)12-7-17-13(16-12)15-11-6-9(3)4-5-10(11)14/h4-6,8,12H,7H2,1-3H3,(H,15,16)/t12-/m1/s1. The van der Waals surface area contributed by atoms with Crippen LogP contribution in [-0.4, -0.2) is 17.0 Å². The van der Waals surface area contributed by atoms with Crippen LogP contribution < -0.4 is 5.32 Å². The molecule has 17 heavy (non-hydrogen) atoms. The maximum absolute atomic E-state index is 13.6. The Kier molecular flexibility index (Phi) is 3.72. The van der Waals surface area contributed by atoms with Gasteiger partial charge in [0.1, 0.15) is 5.82 Å². The zero-order chi connectivity index (χ0) is 12.4. The highest BCUT2D eigenvalue weighted by Crippen LogP contribution is 2.25. The molecule has 0 radical (unpaired) electrons. The second-order valence-corrected chi connectivity index (χ2v) is 5.67. The monoisotopic (exact) mass is 252 g/mol. The molecule has 0 bridgehead atoms. The van der Waals surface area contributed by atoms with E-state index >= 15 is 0 Å². The van der Waals surface area contributed by atoms with Gasteiger partial charge in [0.15, 0.2) is 5.17 Å². The number of hydrogen-bond donors (Lipinski definition) is 1. The maximum atomic E-state index is 13.6. The van der Waals surface area contributed by atoms with Gasteiger partial charge in [-0.3, -0.25) is 4.99 Å². The first-order chi connectivity index (χ1) is 8.06. The summed E-state index contributed by atoms with van der Waals surface area (Å²) in [5.41, 5.74) is 1.55. The Balaban J connectivity index is 2.11. The normalized spacial score (nSPS) is 19.6. The molecule has 2 nitrogen and oxygen atoms in total. The third kappa shape index (κ3) is 3.00. The van der Waals surface area contributed by atoms with Crippen molar-refractivity contribution in [3.63, 3.8) is 0 Å². The molecule has 1 atom stereocenters. The van der Waals surface area contributed by atoms with Crippen molar-refractivity contribution in [1.82, 2.24) is 0 Å². The molecule has 0 unspecified atom stereocenters. The van der Waals surface area contributed by atoms with E-state index in [1.54, 1.807) is 23.9 Å². The Morgan fingerprint density at radius 2 is 2.24 bits per heavy atom. The molecule has 0 aromatic heterocycles. The summed E-state index contributed by atoms with van der Waals surface area (Å²) in [4.78, 5) is 4.56. The first kappa shape index (κ1) is 12.4. The lowest BCUT2D eigenvalue weighted by Gasteiger charge is -2.08. The molecule has 0 fully saturated rings. The fourth-order valence-electron chi connectivity index (χ4n) is 1.65. The van der Waals surface area contributed by atoms with E-state index < -0.39 is 0 Å². The number of nitrogens with one attached hydrogen (secondary N) is 1. The van der Waals surface area contributed by atoms with Crippen LogP contribution in [0.2, 0.25) is 0 Å².